The van der Waals surface area contributed by atoms with E-state index >= 15 is 0 Å². The molecule has 8 heteroatoms. The molecule has 1 N–H and O–H groups in total. The van der Waals surface area contributed by atoms with Crippen molar-refractivity contribution < 1.29 is 14.5 Å². The Morgan fingerprint density at radius 1 is 1.24 bits per heavy atom. The van der Waals surface area contributed by atoms with Crippen molar-refractivity contribution in [2.45, 2.75) is 13.0 Å². The number of aromatic nitrogens is 2. The van der Waals surface area contributed by atoms with Crippen molar-refractivity contribution in [1.82, 2.24) is 15.1 Å². The van der Waals surface area contributed by atoms with E-state index < -0.39 is 11.0 Å². The minimum Gasteiger partial charge on any atom is -0.383 e. The van der Waals surface area contributed by atoms with Crippen molar-refractivity contribution in [3.05, 3.63) is 81.0 Å². The molecule has 1 aromatic heterocycles. The van der Waals surface area contributed by atoms with Gasteiger partial charge < -0.3 is 9.64 Å². The molecule has 1 atom stereocenters. The Labute approximate surface area is 167 Å². The molecule has 0 radical (unpaired) electrons. The van der Waals surface area contributed by atoms with Crippen LogP contribution in [0.15, 0.2) is 48.5 Å². The zero-order valence-corrected chi connectivity index (χ0v) is 16.1. The van der Waals surface area contributed by atoms with Crippen molar-refractivity contribution in [2.24, 2.45) is 0 Å². The topological polar surface area (TPSA) is 101 Å². The highest BCUT2D eigenvalue weighted by Gasteiger charge is 2.42. The number of amides is 1. The van der Waals surface area contributed by atoms with Gasteiger partial charge in [0.15, 0.2) is 0 Å². The first-order valence-electron chi connectivity index (χ1n) is 9.21. The summed E-state index contributed by atoms with van der Waals surface area (Å²) in [4.78, 5) is 25.6. The SMILES string of the molecule is COCCN1C(=O)c2[nH]nc(-c3ccc(C)cc3)c2C1c1cccc([N+](=O)[O-])c1. The molecule has 0 saturated heterocycles. The fraction of sp³-hybridized carbons (Fsp3) is 0.238. The van der Waals surface area contributed by atoms with E-state index in [1.807, 2.05) is 31.2 Å². The summed E-state index contributed by atoms with van der Waals surface area (Å²) in [5, 5.41) is 18.6. The summed E-state index contributed by atoms with van der Waals surface area (Å²) in [5.74, 6) is -0.195. The molecule has 2 aromatic carbocycles. The van der Waals surface area contributed by atoms with Crippen LogP contribution in [0.2, 0.25) is 0 Å². The number of non-ortho nitro benzene ring substituents is 1. The number of fused-ring (bicyclic) bond motifs is 1. The molecular formula is C21H20N4O4. The van der Waals surface area contributed by atoms with Crippen LogP contribution in [0.4, 0.5) is 5.69 Å². The maximum atomic E-state index is 13.1. The third-order valence-electron chi connectivity index (χ3n) is 5.12. The predicted molar refractivity (Wildman–Crippen MR) is 107 cm³/mol. The third-order valence-corrected chi connectivity index (χ3v) is 5.12. The van der Waals surface area contributed by atoms with Gasteiger partial charge in [0.25, 0.3) is 11.6 Å². The van der Waals surface area contributed by atoms with Gasteiger partial charge in [-0.2, -0.15) is 5.10 Å². The number of carbonyl (C=O) groups is 1. The molecule has 29 heavy (non-hydrogen) atoms. The van der Waals surface area contributed by atoms with Gasteiger partial charge in [-0.25, -0.2) is 0 Å². The van der Waals surface area contributed by atoms with Crippen LogP contribution in [0, 0.1) is 17.0 Å². The monoisotopic (exact) mass is 392 g/mol. The molecule has 4 rings (SSSR count). The zero-order valence-electron chi connectivity index (χ0n) is 16.1. The van der Waals surface area contributed by atoms with Gasteiger partial charge in [-0.15, -0.1) is 0 Å². The minimum absolute atomic E-state index is 0.0181. The number of H-pyrrole nitrogens is 1. The Balaban J connectivity index is 1.87. The molecule has 0 spiro atoms. The average Bonchev–Trinajstić information content (AvgIpc) is 3.26. The third kappa shape index (κ3) is 3.27. The van der Waals surface area contributed by atoms with Crippen molar-refractivity contribution in [3.63, 3.8) is 0 Å². The lowest BCUT2D eigenvalue weighted by atomic mass is 9.95. The molecule has 1 amide bonds. The Kier molecular flexibility index (Phi) is 4.85. The molecule has 8 nitrogen and oxygen atoms in total. The van der Waals surface area contributed by atoms with Crippen LogP contribution >= 0.6 is 0 Å². The second kappa shape index (κ2) is 7.48. The Bertz CT molecular complexity index is 1070. The summed E-state index contributed by atoms with van der Waals surface area (Å²) in [5.41, 5.74) is 4.46. The second-order valence-corrected chi connectivity index (χ2v) is 6.97. The Hall–Kier alpha value is -3.52. The van der Waals surface area contributed by atoms with Crippen LogP contribution in [-0.2, 0) is 4.74 Å². The van der Waals surface area contributed by atoms with E-state index in [4.69, 9.17) is 4.74 Å². The van der Waals surface area contributed by atoms with Gasteiger partial charge in [-0.05, 0) is 12.5 Å². The van der Waals surface area contributed by atoms with E-state index in [1.54, 1.807) is 24.1 Å². The summed E-state index contributed by atoms with van der Waals surface area (Å²) in [7, 11) is 1.57. The lowest BCUT2D eigenvalue weighted by Gasteiger charge is -2.26. The quantitative estimate of drug-likeness (QED) is 0.511. The lowest BCUT2D eigenvalue weighted by molar-refractivity contribution is -0.384. The van der Waals surface area contributed by atoms with E-state index in [0.717, 1.165) is 16.7 Å². The highest BCUT2D eigenvalue weighted by atomic mass is 16.6. The zero-order chi connectivity index (χ0) is 20.5. The number of hydrogen-bond acceptors (Lipinski definition) is 5. The predicted octanol–water partition coefficient (Wildman–Crippen LogP) is 3.48. The molecule has 0 fully saturated rings. The number of nitro benzene ring substituents is 1. The van der Waals surface area contributed by atoms with Crippen molar-refractivity contribution in [2.75, 3.05) is 20.3 Å². The maximum absolute atomic E-state index is 13.1. The lowest BCUT2D eigenvalue weighted by Crippen LogP contribution is -2.32. The van der Waals surface area contributed by atoms with Crippen molar-refractivity contribution in [3.8, 4) is 11.3 Å². The van der Waals surface area contributed by atoms with E-state index in [9.17, 15) is 14.9 Å². The smallest absolute Gasteiger partial charge is 0.273 e. The number of rotatable bonds is 6. The molecule has 2 heterocycles. The molecule has 1 unspecified atom stereocenters. The molecular weight excluding hydrogens is 372 g/mol. The number of benzene rings is 2. The van der Waals surface area contributed by atoms with Gasteiger partial charge in [0.05, 0.1) is 23.3 Å². The van der Waals surface area contributed by atoms with Gasteiger partial charge in [-0.3, -0.25) is 20.0 Å². The number of aromatic amines is 1. The molecule has 1 aliphatic heterocycles. The summed E-state index contributed by atoms with van der Waals surface area (Å²) in [6, 6.07) is 13.8. The fourth-order valence-electron chi connectivity index (χ4n) is 3.70. The number of aryl methyl sites for hydroxylation is 1. The number of nitro groups is 1. The number of methoxy groups -OCH3 is 1. The highest BCUT2D eigenvalue weighted by molar-refractivity contribution is 6.00. The second-order valence-electron chi connectivity index (χ2n) is 6.97. The van der Waals surface area contributed by atoms with E-state index in [2.05, 4.69) is 10.2 Å². The van der Waals surface area contributed by atoms with Gasteiger partial charge in [0, 0.05) is 36.9 Å². The fourth-order valence-corrected chi connectivity index (χ4v) is 3.70. The first-order chi connectivity index (χ1) is 14.0. The normalized spacial score (nSPS) is 15.6. The molecule has 0 saturated carbocycles. The van der Waals surface area contributed by atoms with Gasteiger partial charge >= 0.3 is 0 Å². The van der Waals surface area contributed by atoms with Crippen LogP contribution in [0.5, 0.6) is 0 Å². The summed E-state index contributed by atoms with van der Waals surface area (Å²) < 4.78 is 5.17. The number of nitrogens with zero attached hydrogens (tertiary/aromatic N) is 3. The van der Waals surface area contributed by atoms with Crippen molar-refractivity contribution >= 4 is 11.6 Å². The first kappa shape index (κ1) is 18.8. The average molecular weight is 392 g/mol. The van der Waals surface area contributed by atoms with Crippen LogP contribution in [0.1, 0.15) is 33.2 Å². The number of hydrogen-bond donors (Lipinski definition) is 1. The van der Waals surface area contributed by atoms with Crippen LogP contribution in [0.25, 0.3) is 11.3 Å². The summed E-state index contributed by atoms with van der Waals surface area (Å²) >= 11 is 0. The van der Waals surface area contributed by atoms with Gasteiger partial charge in [-0.1, -0.05) is 42.0 Å². The largest absolute Gasteiger partial charge is 0.383 e. The standard InChI is InChI=1S/C21H20N4O4/c1-13-6-8-14(9-7-13)18-17-19(23-22-18)21(26)24(10-11-29-2)20(17)15-4-3-5-16(12-15)25(27)28/h3-9,12,20H,10-11H2,1-2H3,(H,22,23). The first-order valence-corrected chi connectivity index (χ1v) is 9.21. The Morgan fingerprint density at radius 3 is 2.69 bits per heavy atom. The van der Waals surface area contributed by atoms with Crippen LogP contribution in [0.3, 0.4) is 0 Å². The highest BCUT2D eigenvalue weighted by Crippen LogP contribution is 2.43. The summed E-state index contributed by atoms with van der Waals surface area (Å²) in [6.45, 7) is 2.72. The van der Waals surface area contributed by atoms with Gasteiger partial charge in [0.2, 0.25) is 0 Å². The maximum Gasteiger partial charge on any atom is 0.273 e. The number of nitrogens with one attached hydrogen (secondary N) is 1. The van der Waals surface area contributed by atoms with E-state index in [1.165, 1.54) is 12.1 Å². The Morgan fingerprint density at radius 2 is 2.00 bits per heavy atom. The summed E-state index contributed by atoms with van der Waals surface area (Å²) in [6.07, 6.45) is 0. The molecule has 0 aliphatic carbocycles. The van der Waals surface area contributed by atoms with E-state index in [-0.39, 0.29) is 11.6 Å². The molecule has 3 aromatic rings. The van der Waals surface area contributed by atoms with Crippen molar-refractivity contribution in [1.29, 1.82) is 0 Å². The van der Waals surface area contributed by atoms with Crippen LogP contribution < -0.4 is 0 Å². The molecule has 1 aliphatic rings. The van der Waals surface area contributed by atoms with E-state index in [0.29, 0.717) is 30.1 Å². The number of carbonyl (C=O) groups excluding carboxylic acids is 1. The molecule has 148 valence electrons. The van der Waals surface area contributed by atoms with Crippen LogP contribution in [-0.4, -0.2) is 46.2 Å². The molecule has 0 bridgehead atoms. The number of ether oxygens (including phenoxy) is 1. The minimum atomic E-state index is -0.484. The van der Waals surface area contributed by atoms with Gasteiger partial charge in [0.1, 0.15) is 5.69 Å².